The smallest absolute Gasteiger partial charge is 0.274 e. The molecule has 8 heteroatoms. The van der Waals surface area contributed by atoms with E-state index in [1.807, 2.05) is 42.3 Å². The van der Waals surface area contributed by atoms with Crippen LogP contribution in [0.3, 0.4) is 0 Å². The third-order valence-corrected chi connectivity index (χ3v) is 7.83. The fourth-order valence-corrected chi connectivity index (χ4v) is 5.85. The predicted molar refractivity (Wildman–Crippen MR) is 133 cm³/mol. The number of rotatable bonds is 4. The monoisotopic (exact) mass is 477 g/mol. The first kappa shape index (κ1) is 23.6. The lowest BCUT2D eigenvalue weighted by atomic mass is 9.87. The summed E-state index contributed by atoms with van der Waals surface area (Å²) in [5.41, 5.74) is 3.12. The molecule has 1 aliphatic carbocycles. The molecule has 8 nitrogen and oxygen atoms in total. The normalized spacial score (nSPS) is 20.9. The third-order valence-electron chi connectivity index (χ3n) is 7.83. The summed E-state index contributed by atoms with van der Waals surface area (Å²) >= 11 is 0. The Labute approximate surface area is 206 Å². The summed E-state index contributed by atoms with van der Waals surface area (Å²) in [7, 11) is 1.88. The number of carbonyl (C=O) groups excluding carboxylic acids is 3. The number of likely N-dealkylation sites (tertiary alicyclic amines) is 1. The van der Waals surface area contributed by atoms with Crippen LogP contribution in [0.25, 0.3) is 0 Å². The highest BCUT2D eigenvalue weighted by Crippen LogP contribution is 2.30. The summed E-state index contributed by atoms with van der Waals surface area (Å²) in [5, 5.41) is 7.57. The van der Waals surface area contributed by atoms with Crippen molar-refractivity contribution in [3.8, 4) is 0 Å². The lowest BCUT2D eigenvalue weighted by Gasteiger charge is -2.33. The zero-order valence-corrected chi connectivity index (χ0v) is 20.5. The van der Waals surface area contributed by atoms with Gasteiger partial charge in [0.1, 0.15) is 0 Å². The van der Waals surface area contributed by atoms with Gasteiger partial charge in [0.05, 0.1) is 5.92 Å². The van der Waals surface area contributed by atoms with Crippen molar-refractivity contribution in [1.82, 2.24) is 19.6 Å². The first-order valence-electron chi connectivity index (χ1n) is 13.0. The van der Waals surface area contributed by atoms with E-state index in [9.17, 15) is 14.4 Å². The zero-order chi connectivity index (χ0) is 24.4. The fraction of sp³-hybridized carbons (Fsp3) is 0.556. The van der Waals surface area contributed by atoms with Gasteiger partial charge in [0, 0.05) is 62.5 Å². The molecule has 0 spiro atoms. The van der Waals surface area contributed by atoms with Crippen molar-refractivity contribution in [2.45, 2.75) is 57.9 Å². The van der Waals surface area contributed by atoms with Gasteiger partial charge in [0.25, 0.3) is 5.91 Å². The number of nitrogens with one attached hydrogen (secondary N) is 1. The molecule has 2 fully saturated rings. The average Bonchev–Trinajstić information content (AvgIpc) is 3.24. The zero-order valence-electron chi connectivity index (χ0n) is 20.5. The van der Waals surface area contributed by atoms with Crippen molar-refractivity contribution in [2.75, 3.05) is 25.0 Å². The van der Waals surface area contributed by atoms with Crippen molar-refractivity contribution in [2.24, 2.45) is 18.9 Å². The van der Waals surface area contributed by atoms with Gasteiger partial charge in [-0.1, -0.05) is 37.5 Å². The van der Waals surface area contributed by atoms with Gasteiger partial charge in [-0.3, -0.25) is 19.1 Å². The van der Waals surface area contributed by atoms with Crippen LogP contribution in [0.5, 0.6) is 0 Å². The Hall–Kier alpha value is -3.16. The number of aryl methyl sites for hydroxylation is 1. The number of amides is 3. The van der Waals surface area contributed by atoms with E-state index in [1.54, 1.807) is 9.58 Å². The maximum Gasteiger partial charge on any atom is 0.274 e. The van der Waals surface area contributed by atoms with Crippen LogP contribution >= 0.6 is 0 Å². The van der Waals surface area contributed by atoms with Crippen LogP contribution in [0, 0.1) is 11.8 Å². The van der Waals surface area contributed by atoms with Crippen molar-refractivity contribution in [1.29, 1.82) is 0 Å². The summed E-state index contributed by atoms with van der Waals surface area (Å²) in [4.78, 5) is 43.3. The number of hydrogen-bond acceptors (Lipinski definition) is 4. The number of carbonyl (C=O) groups is 3. The number of nitrogens with zero attached hydrogens (tertiary/aromatic N) is 4. The third kappa shape index (κ3) is 4.97. The minimum absolute atomic E-state index is 0.0546. The lowest BCUT2D eigenvalue weighted by Crippen LogP contribution is -2.45. The van der Waals surface area contributed by atoms with Crippen molar-refractivity contribution in [3.05, 3.63) is 47.3 Å². The molecule has 1 N–H and O–H groups in total. The van der Waals surface area contributed by atoms with Crippen molar-refractivity contribution < 1.29 is 14.4 Å². The molecule has 2 aromatic rings. The maximum atomic E-state index is 13.6. The van der Waals surface area contributed by atoms with Gasteiger partial charge in [0.2, 0.25) is 11.8 Å². The Kier molecular flexibility index (Phi) is 6.88. The second-order valence-corrected chi connectivity index (χ2v) is 10.2. The van der Waals surface area contributed by atoms with Crippen LogP contribution in [0.2, 0.25) is 0 Å². The molecular formula is C27H35N5O3. The maximum absolute atomic E-state index is 13.6. The van der Waals surface area contributed by atoms with Gasteiger partial charge in [-0.05, 0) is 37.8 Å². The first-order chi connectivity index (χ1) is 17.0. The molecule has 3 aliphatic rings. The number of fused-ring (bicyclic) bond motifs is 1. The highest BCUT2D eigenvalue weighted by atomic mass is 16.2. The van der Waals surface area contributed by atoms with Gasteiger partial charge in [-0.2, -0.15) is 5.10 Å². The molecule has 3 heterocycles. The van der Waals surface area contributed by atoms with Gasteiger partial charge < -0.3 is 15.1 Å². The molecular weight excluding hydrogens is 442 g/mol. The highest BCUT2D eigenvalue weighted by Gasteiger charge is 2.35. The number of benzene rings is 1. The van der Waals surface area contributed by atoms with Crippen LogP contribution in [0.4, 0.5) is 5.69 Å². The summed E-state index contributed by atoms with van der Waals surface area (Å²) in [6.45, 7) is 2.13. The number of piperidine rings is 1. The molecule has 35 heavy (non-hydrogen) atoms. The molecule has 5 rings (SSSR count). The molecule has 1 unspecified atom stereocenters. The molecule has 0 bridgehead atoms. The van der Waals surface area contributed by atoms with E-state index in [-0.39, 0.29) is 29.6 Å². The molecule has 3 amide bonds. The number of aromatic nitrogens is 2. The number of hydrogen-bond donors (Lipinski definition) is 1. The minimum Gasteiger partial charge on any atom is -0.338 e. The average molecular weight is 478 g/mol. The molecule has 1 saturated carbocycles. The van der Waals surface area contributed by atoms with Crippen molar-refractivity contribution >= 4 is 23.4 Å². The van der Waals surface area contributed by atoms with Gasteiger partial charge in [0.15, 0.2) is 5.69 Å². The molecule has 2 aliphatic heterocycles. The summed E-state index contributed by atoms with van der Waals surface area (Å²) in [6.07, 6.45) is 7.66. The van der Waals surface area contributed by atoms with E-state index < -0.39 is 0 Å². The Bertz CT molecular complexity index is 1090. The molecule has 1 aromatic carbocycles. The standard InChI is InChI=1S/C27H35N5O3/c1-30-23-14-16-32(26(34)19-9-4-2-5-10-19)18-22(23)24(29-30)27(35)31-15-8-11-20(17-31)25(33)28-21-12-6-3-7-13-21/h3,6-7,12-13,19-20H,2,4-5,8-11,14-18H2,1H3,(H,28,33). The quantitative estimate of drug-likeness (QED) is 0.731. The van der Waals surface area contributed by atoms with Crippen LogP contribution in [0.1, 0.15) is 66.7 Å². The Morgan fingerprint density at radius 2 is 1.66 bits per heavy atom. The Morgan fingerprint density at radius 1 is 0.914 bits per heavy atom. The summed E-state index contributed by atoms with van der Waals surface area (Å²) in [5.74, 6) is -0.0934. The van der Waals surface area contributed by atoms with Gasteiger partial charge >= 0.3 is 0 Å². The molecule has 1 atom stereocenters. The van der Waals surface area contributed by atoms with E-state index in [2.05, 4.69) is 10.4 Å². The first-order valence-corrected chi connectivity index (χ1v) is 13.0. The van der Waals surface area contributed by atoms with Crippen LogP contribution < -0.4 is 5.32 Å². The predicted octanol–water partition coefficient (Wildman–Crippen LogP) is 3.38. The largest absolute Gasteiger partial charge is 0.338 e. The fourth-order valence-electron chi connectivity index (χ4n) is 5.85. The number of anilines is 1. The van der Waals surface area contributed by atoms with Gasteiger partial charge in [-0.25, -0.2) is 0 Å². The van der Waals surface area contributed by atoms with Crippen LogP contribution in [-0.4, -0.2) is 56.9 Å². The van der Waals surface area contributed by atoms with E-state index in [0.29, 0.717) is 38.3 Å². The summed E-state index contributed by atoms with van der Waals surface area (Å²) in [6, 6.07) is 9.42. The topological polar surface area (TPSA) is 87.5 Å². The van der Waals surface area contributed by atoms with E-state index >= 15 is 0 Å². The van der Waals surface area contributed by atoms with E-state index in [1.165, 1.54) is 6.42 Å². The molecule has 1 aromatic heterocycles. The molecule has 186 valence electrons. The van der Waals surface area contributed by atoms with E-state index in [0.717, 1.165) is 55.5 Å². The summed E-state index contributed by atoms with van der Waals surface area (Å²) < 4.78 is 1.80. The molecule has 0 radical (unpaired) electrons. The van der Waals surface area contributed by atoms with Crippen molar-refractivity contribution in [3.63, 3.8) is 0 Å². The van der Waals surface area contributed by atoms with E-state index in [4.69, 9.17) is 0 Å². The van der Waals surface area contributed by atoms with Crippen LogP contribution in [-0.2, 0) is 29.6 Å². The van der Waals surface area contributed by atoms with Crippen LogP contribution in [0.15, 0.2) is 30.3 Å². The second kappa shape index (κ2) is 10.2. The minimum atomic E-state index is -0.253. The Morgan fingerprint density at radius 3 is 2.43 bits per heavy atom. The second-order valence-electron chi connectivity index (χ2n) is 10.2. The SMILES string of the molecule is Cn1nc(C(=O)N2CCCC(C(=O)Nc3ccccc3)C2)c2c1CCN(C(=O)C1CCCCC1)C2. The lowest BCUT2D eigenvalue weighted by molar-refractivity contribution is -0.137. The molecule has 1 saturated heterocycles. The number of para-hydroxylation sites is 1. The van der Waals surface area contributed by atoms with Gasteiger partial charge in [-0.15, -0.1) is 0 Å². The Balaban J connectivity index is 1.28. The highest BCUT2D eigenvalue weighted by molar-refractivity contribution is 5.96.